The van der Waals surface area contributed by atoms with Crippen LogP contribution in [-0.2, 0) is 6.54 Å². The SMILES string of the molecule is CCNC(=NCc1ccc(F)cc1)N1CCN(c2ccccn2)CC1. The van der Waals surface area contributed by atoms with Crippen molar-refractivity contribution in [3.05, 3.63) is 60.0 Å². The number of nitrogens with one attached hydrogen (secondary N) is 1. The number of aromatic nitrogens is 1. The van der Waals surface area contributed by atoms with Crippen LogP contribution in [0.2, 0.25) is 0 Å². The summed E-state index contributed by atoms with van der Waals surface area (Å²) in [5, 5.41) is 3.36. The maximum absolute atomic E-state index is 13.0. The molecule has 0 saturated carbocycles. The summed E-state index contributed by atoms with van der Waals surface area (Å²) in [6, 6.07) is 12.5. The molecule has 6 heteroatoms. The Balaban J connectivity index is 1.61. The van der Waals surface area contributed by atoms with Crippen molar-refractivity contribution in [2.45, 2.75) is 13.5 Å². The van der Waals surface area contributed by atoms with Crippen LogP contribution >= 0.6 is 0 Å². The van der Waals surface area contributed by atoms with Gasteiger partial charge in [0.05, 0.1) is 6.54 Å². The average Bonchev–Trinajstić information content (AvgIpc) is 2.67. The summed E-state index contributed by atoms with van der Waals surface area (Å²) < 4.78 is 13.0. The minimum Gasteiger partial charge on any atom is -0.357 e. The third-order valence-electron chi connectivity index (χ3n) is 4.21. The minimum absolute atomic E-state index is 0.217. The molecule has 0 amide bonds. The van der Waals surface area contributed by atoms with E-state index in [1.807, 2.05) is 24.4 Å². The summed E-state index contributed by atoms with van der Waals surface area (Å²) in [7, 11) is 0. The van der Waals surface area contributed by atoms with Gasteiger partial charge in [-0.3, -0.25) is 0 Å². The third-order valence-corrected chi connectivity index (χ3v) is 4.21. The zero-order valence-electron chi connectivity index (χ0n) is 14.5. The number of nitrogens with zero attached hydrogens (tertiary/aromatic N) is 4. The molecule has 0 unspecified atom stereocenters. The van der Waals surface area contributed by atoms with Crippen molar-refractivity contribution in [1.82, 2.24) is 15.2 Å². The minimum atomic E-state index is -0.217. The normalized spacial score (nSPS) is 15.4. The van der Waals surface area contributed by atoms with E-state index in [0.717, 1.165) is 50.1 Å². The molecule has 1 aliphatic heterocycles. The highest BCUT2D eigenvalue weighted by Crippen LogP contribution is 2.13. The molecule has 1 fully saturated rings. The Morgan fingerprint density at radius 1 is 1.12 bits per heavy atom. The Morgan fingerprint density at radius 3 is 2.52 bits per heavy atom. The number of aliphatic imine (C=N–C) groups is 1. The number of rotatable bonds is 4. The number of pyridine rings is 1. The van der Waals surface area contributed by atoms with Gasteiger partial charge in [0, 0.05) is 38.9 Å². The predicted molar refractivity (Wildman–Crippen MR) is 99.2 cm³/mol. The number of piperazine rings is 1. The zero-order chi connectivity index (χ0) is 17.5. The molecule has 5 nitrogen and oxygen atoms in total. The average molecular weight is 341 g/mol. The smallest absolute Gasteiger partial charge is 0.194 e. The van der Waals surface area contributed by atoms with Crippen LogP contribution in [0.4, 0.5) is 10.2 Å². The first-order chi connectivity index (χ1) is 12.3. The lowest BCUT2D eigenvalue weighted by Gasteiger charge is -2.37. The molecule has 25 heavy (non-hydrogen) atoms. The lowest BCUT2D eigenvalue weighted by atomic mass is 10.2. The van der Waals surface area contributed by atoms with Gasteiger partial charge in [-0.15, -0.1) is 0 Å². The predicted octanol–water partition coefficient (Wildman–Crippen LogP) is 2.51. The molecule has 1 saturated heterocycles. The van der Waals surface area contributed by atoms with Gasteiger partial charge in [-0.25, -0.2) is 14.4 Å². The Morgan fingerprint density at radius 2 is 1.88 bits per heavy atom. The van der Waals surface area contributed by atoms with Crippen LogP contribution in [0.5, 0.6) is 0 Å². The van der Waals surface area contributed by atoms with Gasteiger partial charge in [0.15, 0.2) is 5.96 Å². The molecule has 2 aromatic rings. The first-order valence-electron chi connectivity index (χ1n) is 8.70. The molecule has 2 heterocycles. The van der Waals surface area contributed by atoms with Crippen LogP contribution in [-0.4, -0.2) is 48.6 Å². The van der Waals surface area contributed by atoms with Crippen LogP contribution in [0.1, 0.15) is 12.5 Å². The van der Waals surface area contributed by atoms with Crippen molar-refractivity contribution in [3.8, 4) is 0 Å². The Labute approximate surface area is 148 Å². The van der Waals surface area contributed by atoms with E-state index in [4.69, 9.17) is 4.99 Å². The fraction of sp³-hybridized carbons (Fsp3) is 0.368. The summed E-state index contributed by atoms with van der Waals surface area (Å²) in [4.78, 5) is 13.7. The molecule has 1 aliphatic rings. The quantitative estimate of drug-likeness (QED) is 0.685. The van der Waals surface area contributed by atoms with Crippen molar-refractivity contribution >= 4 is 11.8 Å². The van der Waals surface area contributed by atoms with Crippen LogP contribution in [0.15, 0.2) is 53.7 Å². The molecule has 1 aromatic carbocycles. The maximum Gasteiger partial charge on any atom is 0.194 e. The van der Waals surface area contributed by atoms with Gasteiger partial charge in [0.2, 0.25) is 0 Å². The van der Waals surface area contributed by atoms with Gasteiger partial charge < -0.3 is 15.1 Å². The summed E-state index contributed by atoms with van der Waals surface area (Å²) in [6.07, 6.45) is 1.83. The largest absolute Gasteiger partial charge is 0.357 e. The van der Waals surface area contributed by atoms with Gasteiger partial charge in [0.25, 0.3) is 0 Å². The molecule has 0 spiro atoms. The molecule has 0 atom stereocenters. The van der Waals surface area contributed by atoms with E-state index in [-0.39, 0.29) is 5.82 Å². The lowest BCUT2D eigenvalue weighted by molar-refractivity contribution is 0.371. The molecule has 132 valence electrons. The highest BCUT2D eigenvalue weighted by atomic mass is 19.1. The zero-order valence-corrected chi connectivity index (χ0v) is 14.5. The Bertz CT molecular complexity index is 679. The number of guanidine groups is 1. The highest BCUT2D eigenvalue weighted by Gasteiger charge is 2.20. The van der Waals surface area contributed by atoms with Crippen molar-refractivity contribution in [1.29, 1.82) is 0 Å². The molecule has 1 N–H and O–H groups in total. The molecular formula is C19H24FN5. The van der Waals surface area contributed by atoms with Crippen molar-refractivity contribution in [3.63, 3.8) is 0 Å². The Hall–Kier alpha value is -2.63. The van der Waals surface area contributed by atoms with E-state index >= 15 is 0 Å². The van der Waals surface area contributed by atoms with E-state index in [2.05, 4.69) is 27.0 Å². The second kappa shape index (κ2) is 8.46. The highest BCUT2D eigenvalue weighted by molar-refractivity contribution is 5.80. The third kappa shape index (κ3) is 4.68. The van der Waals surface area contributed by atoms with Gasteiger partial charge in [0.1, 0.15) is 11.6 Å². The number of benzene rings is 1. The van der Waals surface area contributed by atoms with Gasteiger partial charge in [-0.2, -0.15) is 0 Å². The summed E-state index contributed by atoms with van der Waals surface area (Å²) in [5.41, 5.74) is 1.00. The summed E-state index contributed by atoms with van der Waals surface area (Å²) >= 11 is 0. The van der Waals surface area contributed by atoms with Crippen LogP contribution in [0.3, 0.4) is 0 Å². The van der Waals surface area contributed by atoms with Gasteiger partial charge >= 0.3 is 0 Å². The second-order valence-corrected chi connectivity index (χ2v) is 5.96. The number of halogens is 1. The van der Waals surface area contributed by atoms with Crippen LogP contribution in [0, 0.1) is 5.82 Å². The van der Waals surface area contributed by atoms with Crippen LogP contribution in [0.25, 0.3) is 0 Å². The number of hydrogen-bond acceptors (Lipinski definition) is 3. The van der Waals surface area contributed by atoms with Gasteiger partial charge in [-0.1, -0.05) is 18.2 Å². The summed E-state index contributed by atoms with van der Waals surface area (Å²) in [6.45, 7) is 7.05. The van der Waals surface area contributed by atoms with E-state index in [1.54, 1.807) is 12.1 Å². The second-order valence-electron chi connectivity index (χ2n) is 5.96. The monoisotopic (exact) mass is 341 g/mol. The summed E-state index contributed by atoms with van der Waals surface area (Å²) in [5.74, 6) is 1.72. The van der Waals surface area contributed by atoms with Gasteiger partial charge in [-0.05, 0) is 36.8 Å². The molecular weight excluding hydrogens is 317 g/mol. The van der Waals surface area contributed by atoms with E-state index < -0.39 is 0 Å². The maximum atomic E-state index is 13.0. The lowest BCUT2D eigenvalue weighted by Crippen LogP contribution is -2.52. The van der Waals surface area contributed by atoms with Crippen molar-refractivity contribution in [2.75, 3.05) is 37.6 Å². The number of hydrogen-bond donors (Lipinski definition) is 1. The molecule has 1 aromatic heterocycles. The molecule has 0 bridgehead atoms. The fourth-order valence-electron chi connectivity index (χ4n) is 2.87. The van der Waals surface area contributed by atoms with Crippen molar-refractivity contribution in [2.24, 2.45) is 4.99 Å². The Kier molecular flexibility index (Phi) is 5.82. The van der Waals surface area contributed by atoms with E-state index in [1.165, 1.54) is 12.1 Å². The topological polar surface area (TPSA) is 43.8 Å². The van der Waals surface area contributed by atoms with Crippen molar-refractivity contribution < 1.29 is 4.39 Å². The fourth-order valence-corrected chi connectivity index (χ4v) is 2.87. The van der Waals surface area contributed by atoms with E-state index in [0.29, 0.717) is 6.54 Å². The number of anilines is 1. The standard InChI is InChI=1S/C19H24FN5/c1-2-21-19(23-15-16-6-8-17(20)9-7-16)25-13-11-24(12-14-25)18-5-3-4-10-22-18/h3-10H,2,11-15H2,1H3,(H,21,23). The molecule has 0 aliphatic carbocycles. The van der Waals surface area contributed by atoms with E-state index in [9.17, 15) is 4.39 Å². The molecule has 0 radical (unpaired) electrons. The first kappa shape index (κ1) is 17.2. The van der Waals surface area contributed by atoms with Crippen LogP contribution < -0.4 is 10.2 Å². The first-order valence-corrected chi connectivity index (χ1v) is 8.70. The molecule has 3 rings (SSSR count).